The Bertz CT molecular complexity index is 602. The number of hydrogen-bond acceptors (Lipinski definition) is 6. The third kappa shape index (κ3) is 3.65. The minimum absolute atomic E-state index is 0.293. The first-order chi connectivity index (χ1) is 9.71. The molecule has 6 nitrogen and oxygen atoms in total. The molecule has 1 heterocycles. The molecule has 2 aromatic rings. The summed E-state index contributed by atoms with van der Waals surface area (Å²) in [6.45, 7) is 4.15. The molecule has 0 bridgehead atoms. The summed E-state index contributed by atoms with van der Waals surface area (Å²) in [7, 11) is 0. The third-order valence-corrected chi connectivity index (χ3v) is 2.83. The molecule has 0 saturated carbocycles. The first-order valence-corrected chi connectivity index (χ1v) is 6.44. The van der Waals surface area contributed by atoms with Crippen LogP contribution in [0.4, 0.5) is 17.5 Å². The molecule has 0 saturated heterocycles. The third-order valence-electron chi connectivity index (χ3n) is 2.83. The van der Waals surface area contributed by atoms with Gasteiger partial charge in [0.05, 0.1) is 17.8 Å². The zero-order chi connectivity index (χ0) is 14.4. The smallest absolute Gasteiger partial charge is 0.244 e. The molecule has 1 unspecified atom stereocenters. The van der Waals surface area contributed by atoms with Crippen LogP contribution in [0.15, 0.2) is 30.5 Å². The van der Waals surface area contributed by atoms with E-state index in [0.717, 1.165) is 12.1 Å². The van der Waals surface area contributed by atoms with E-state index in [1.807, 2.05) is 12.1 Å². The van der Waals surface area contributed by atoms with Crippen molar-refractivity contribution in [3.63, 3.8) is 0 Å². The number of rotatable bonds is 5. The van der Waals surface area contributed by atoms with Crippen LogP contribution in [-0.2, 0) is 0 Å². The van der Waals surface area contributed by atoms with E-state index in [4.69, 9.17) is 5.26 Å². The number of hydrogen-bond donors (Lipinski definition) is 2. The average Bonchev–Trinajstić information content (AvgIpc) is 2.48. The van der Waals surface area contributed by atoms with E-state index in [1.54, 1.807) is 18.3 Å². The van der Waals surface area contributed by atoms with E-state index in [9.17, 15) is 0 Å². The topological polar surface area (TPSA) is 86.5 Å². The van der Waals surface area contributed by atoms with E-state index in [2.05, 4.69) is 45.7 Å². The molecule has 0 amide bonds. The van der Waals surface area contributed by atoms with Gasteiger partial charge in [0.1, 0.15) is 0 Å². The maximum absolute atomic E-state index is 8.75. The highest BCUT2D eigenvalue weighted by molar-refractivity contribution is 5.57. The first-order valence-electron chi connectivity index (χ1n) is 6.44. The standard InChI is InChI=1S/C14H16N6/c1-3-10(2)17-14-19-13(9-16-20-14)18-12-6-4-11(8-15)5-7-12/h4-7,9-10H,3H2,1-2H3,(H2,17,18,19,20). The number of benzene rings is 1. The molecule has 0 radical (unpaired) electrons. The summed E-state index contributed by atoms with van der Waals surface area (Å²) in [5, 5.41) is 22.9. The van der Waals surface area contributed by atoms with Crippen molar-refractivity contribution in [2.24, 2.45) is 0 Å². The van der Waals surface area contributed by atoms with Gasteiger partial charge >= 0.3 is 0 Å². The Balaban J connectivity index is 2.09. The van der Waals surface area contributed by atoms with E-state index >= 15 is 0 Å². The summed E-state index contributed by atoms with van der Waals surface area (Å²) in [6, 6.07) is 9.51. The normalized spacial score (nSPS) is 11.4. The summed E-state index contributed by atoms with van der Waals surface area (Å²) < 4.78 is 0. The summed E-state index contributed by atoms with van der Waals surface area (Å²) in [5.74, 6) is 1.11. The average molecular weight is 268 g/mol. The monoisotopic (exact) mass is 268 g/mol. The van der Waals surface area contributed by atoms with E-state index in [-0.39, 0.29) is 0 Å². The molecule has 1 aromatic heterocycles. The van der Waals surface area contributed by atoms with Crippen LogP contribution >= 0.6 is 0 Å². The van der Waals surface area contributed by atoms with Crippen molar-refractivity contribution in [3.05, 3.63) is 36.0 Å². The SMILES string of the molecule is CCC(C)Nc1nncc(Nc2ccc(C#N)cc2)n1. The number of aromatic nitrogens is 3. The zero-order valence-electron chi connectivity index (χ0n) is 11.5. The Morgan fingerprint density at radius 1 is 1.30 bits per heavy atom. The van der Waals surface area contributed by atoms with Crippen LogP contribution in [0.3, 0.4) is 0 Å². The quantitative estimate of drug-likeness (QED) is 0.867. The van der Waals surface area contributed by atoms with Crippen LogP contribution in [0.25, 0.3) is 0 Å². The molecule has 1 aromatic carbocycles. The van der Waals surface area contributed by atoms with Crippen molar-refractivity contribution in [2.45, 2.75) is 26.3 Å². The van der Waals surface area contributed by atoms with Gasteiger partial charge in [0.25, 0.3) is 0 Å². The minimum Gasteiger partial charge on any atom is -0.350 e. The highest BCUT2D eigenvalue weighted by Crippen LogP contribution is 2.15. The van der Waals surface area contributed by atoms with Crippen molar-refractivity contribution >= 4 is 17.5 Å². The molecule has 2 rings (SSSR count). The highest BCUT2D eigenvalue weighted by Gasteiger charge is 2.04. The predicted octanol–water partition coefficient (Wildman–Crippen LogP) is 2.70. The first kappa shape index (κ1) is 13.7. The lowest BCUT2D eigenvalue weighted by atomic mass is 10.2. The summed E-state index contributed by atoms with van der Waals surface area (Å²) in [4.78, 5) is 4.34. The highest BCUT2D eigenvalue weighted by atomic mass is 15.3. The van der Waals surface area contributed by atoms with Gasteiger partial charge in [0.15, 0.2) is 5.82 Å². The van der Waals surface area contributed by atoms with E-state index < -0.39 is 0 Å². The van der Waals surface area contributed by atoms with Gasteiger partial charge < -0.3 is 10.6 Å². The fourth-order valence-corrected chi connectivity index (χ4v) is 1.52. The molecule has 0 aliphatic rings. The van der Waals surface area contributed by atoms with E-state index in [1.165, 1.54) is 0 Å². The Labute approximate surface area is 117 Å². The van der Waals surface area contributed by atoms with Crippen LogP contribution in [0.2, 0.25) is 0 Å². The van der Waals surface area contributed by atoms with Gasteiger partial charge in [0.2, 0.25) is 5.95 Å². The number of nitrogens with zero attached hydrogens (tertiary/aromatic N) is 4. The molecule has 2 N–H and O–H groups in total. The lowest BCUT2D eigenvalue weighted by molar-refractivity contribution is 0.746. The molecule has 1 atom stereocenters. The minimum atomic E-state index is 0.293. The summed E-state index contributed by atoms with van der Waals surface area (Å²) in [6.07, 6.45) is 2.54. The molecule has 0 aliphatic carbocycles. The molecule has 0 aliphatic heterocycles. The Morgan fingerprint density at radius 3 is 2.70 bits per heavy atom. The molecule has 6 heteroatoms. The van der Waals surface area contributed by atoms with Gasteiger partial charge in [-0.25, -0.2) is 0 Å². The number of nitriles is 1. The molecule has 0 fully saturated rings. The largest absolute Gasteiger partial charge is 0.350 e. The van der Waals surface area contributed by atoms with Crippen LogP contribution in [0, 0.1) is 11.3 Å². The zero-order valence-corrected chi connectivity index (χ0v) is 11.5. The second-order valence-corrected chi connectivity index (χ2v) is 4.43. The fraction of sp³-hybridized carbons (Fsp3) is 0.286. The molecule has 102 valence electrons. The van der Waals surface area contributed by atoms with E-state index in [0.29, 0.717) is 23.4 Å². The van der Waals surface area contributed by atoms with Gasteiger partial charge in [-0.15, -0.1) is 5.10 Å². The Kier molecular flexibility index (Phi) is 4.45. The number of nitrogens with one attached hydrogen (secondary N) is 2. The van der Waals surface area contributed by atoms with Crippen molar-refractivity contribution in [3.8, 4) is 6.07 Å². The van der Waals surface area contributed by atoms with Gasteiger partial charge in [-0.3, -0.25) is 0 Å². The van der Waals surface area contributed by atoms with Gasteiger partial charge in [0, 0.05) is 11.7 Å². The lowest BCUT2D eigenvalue weighted by Gasteiger charge is -2.11. The Hall–Kier alpha value is -2.68. The summed E-state index contributed by atoms with van der Waals surface area (Å²) >= 11 is 0. The maximum Gasteiger partial charge on any atom is 0.244 e. The van der Waals surface area contributed by atoms with Crippen molar-refractivity contribution < 1.29 is 0 Å². The molecular weight excluding hydrogens is 252 g/mol. The second-order valence-electron chi connectivity index (χ2n) is 4.43. The van der Waals surface area contributed by atoms with Crippen molar-refractivity contribution in [1.82, 2.24) is 15.2 Å². The van der Waals surface area contributed by atoms with Gasteiger partial charge in [-0.2, -0.15) is 15.3 Å². The van der Waals surface area contributed by atoms with Crippen LogP contribution in [0.1, 0.15) is 25.8 Å². The van der Waals surface area contributed by atoms with Crippen LogP contribution < -0.4 is 10.6 Å². The second kappa shape index (κ2) is 6.48. The van der Waals surface area contributed by atoms with Crippen LogP contribution in [0.5, 0.6) is 0 Å². The van der Waals surface area contributed by atoms with Crippen molar-refractivity contribution in [2.75, 3.05) is 10.6 Å². The lowest BCUT2D eigenvalue weighted by Crippen LogP contribution is -2.16. The molecular formula is C14H16N6. The van der Waals surface area contributed by atoms with Crippen molar-refractivity contribution in [1.29, 1.82) is 5.26 Å². The molecule has 20 heavy (non-hydrogen) atoms. The predicted molar refractivity (Wildman–Crippen MR) is 77.6 cm³/mol. The van der Waals surface area contributed by atoms with Gasteiger partial charge in [-0.1, -0.05) is 6.92 Å². The van der Waals surface area contributed by atoms with Crippen LogP contribution in [-0.4, -0.2) is 21.2 Å². The fourth-order valence-electron chi connectivity index (χ4n) is 1.52. The maximum atomic E-state index is 8.75. The number of anilines is 3. The Morgan fingerprint density at radius 2 is 2.05 bits per heavy atom. The molecule has 0 spiro atoms. The summed E-state index contributed by atoms with van der Waals surface area (Å²) in [5.41, 5.74) is 1.47. The van der Waals surface area contributed by atoms with Gasteiger partial charge in [-0.05, 0) is 37.6 Å².